The molecule has 0 fully saturated rings. The van der Waals surface area contributed by atoms with E-state index in [9.17, 15) is 4.79 Å². The zero-order valence-corrected chi connectivity index (χ0v) is 15.3. The molecule has 2 aromatic carbocycles. The van der Waals surface area contributed by atoms with Crippen LogP contribution in [0.15, 0.2) is 48.5 Å². The van der Waals surface area contributed by atoms with Crippen LogP contribution >= 0.6 is 24.0 Å². The lowest BCUT2D eigenvalue weighted by Gasteiger charge is -2.12. The van der Waals surface area contributed by atoms with Gasteiger partial charge >= 0.3 is 0 Å². The number of hydrogen-bond donors (Lipinski definition) is 2. The van der Waals surface area contributed by atoms with E-state index in [4.69, 9.17) is 16.3 Å². The van der Waals surface area contributed by atoms with Crippen LogP contribution in [0.1, 0.15) is 22.8 Å². The van der Waals surface area contributed by atoms with E-state index >= 15 is 0 Å². The molecule has 0 aliphatic carbocycles. The molecule has 4 nitrogen and oxygen atoms in total. The quantitative estimate of drug-likeness (QED) is 0.783. The maximum absolute atomic E-state index is 12.1. The lowest BCUT2D eigenvalue weighted by Crippen LogP contribution is -2.37. The van der Waals surface area contributed by atoms with Gasteiger partial charge in [0.15, 0.2) is 0 Å². The second kappa shape index (κ2) is 10.2. The average Bonchev–Trinajstić information content (AvgIpc) is 2.59. The molecule has 2 aromatic rings. The number of nitrogens with one attached hydrogen (secondary N) is 2. The zero-order chi connectivity index (χ0) is 16.7. The van der Waals surface area contributed by atoms with Crippen molar-refractivity contribution in [3.8, 4) is 5.75 Å². The molecule has 1 atom stereocenters. The molecule has 0 saturated heterocycles. The Kier molecular flexibility index (Phi) is 8.61. The first kappa shape index (κ1) is 20.3. The number of halogens is 2. The van der Waals surface area contributed by atoms with E-state index in [1.807, 2.05) is 50.4 Å². The molecule has 0 bridgehead atoms. The van der Waals surface area contributed by atoms with Gasteiger partial charge in [-0.1, -0.05) is 29.8 Å². The van der Waals surface area contributed by atoms with Crippen LogP contribution < -0.4 is 15.4 Å². The van der Waals surface area contributed by atoms with E-state index in [0.717, 1.165) is 5.56 Å². The second-order valence-electron chi connectivity index (χ2n) is 5.34. The lowest BCUT2D eigenvalue weighted by molar-refractivity contribution is 0.0950. The minimum absolute atomic E-state index is 0. The summed E-state index contributed by atoms with van der Waals surface area (Å²) in [4.78, 5) is 12.1. The maximum atomic E-state index is 12.1. The Labute approximate surface area is 154 Å². The van der Waals surface area contributed by atoms with Gasteiger partial charge in [0, 0.05) is 23.2 Å². The van der Waals surface area contributed by atoms with E-state index in [-0.39, 0.29) is 24.4 Å². The molecule has 0 heterocycles. The predicted molar refractivity (Wildman–Crippen MR) is 100 cm³/mol. The summed E-state index contributed by atoms with van der Waals surface area (Å²) in [5.41, 5.74) is 1.61. The fourth-order valence-corrected chi connectivity index (χ4v) is 2.05. The van der Waals surface area contributed by atoms with Crippen LogP contribution in [0.25, 0.3) is 0 Å². The number of rotatable bonds is 7. The van der Waals surface area contributed by atoms with Crippen molar-refractivity contribution in [3.63, 3.8) is 0 Å². The summed E-state index contributed by atoms with van der Waals surface area (Å²) in [5.74, 6) is 0.554. The monoisotopic (exact) mass is 368 g/mol. The van der Waals surface area contributed by atoms with Crippen LogP contribution in [0.3, 0.4) is 0 Å². The molecule has 0 aliphatic rings. The summed E-state index contributed by atoms with van der Waals surface area (Å²) < 4.78 is 5.73. The Balaban J connectivity index is 0.00000288. The molecule has 1 unspecified atom stereocenters. The van der Waals surface area contributed by atoms with Gasteiger partial charge in [-0.15, -0.1) is 12.4 Å². The highest BCUT2D eigenvalue weighted by molar-refractivity contribution is 6.30. The fourth-order valence-electron chi connectivity index (χ4n) is 1.92. The first-order chi connectivity index (χ1) is 11.1. The number of hydrogen-bond acceptors (Lipinski definition) is 3. The van der Waals surface area contributed by atoms with Crippen molar-refractivity contribution in [1.82, 2.24) is 10.6 Å². The molecule has 24 heavy (non-hydrogen) atoms. The molecule has 1 amide bonds. The van der Waals surface area contributed by atoms with Crippen molar-refractivity contribution in [2.24, 2.45) is 0 Å². The molecule has 2 rings (SSSR count). The molecular formula is C18H22Cl2N2O2. The van der Waals surface area contributed by atoms with Gasteiger partial charge in [-0.05, 0) is 49.9 Å². The predicted octanol–water partition coefficient (Wildman–Crippen LogP) is 3.68. The standard InChI is InChI=1S/C18H21ClN2O2.ClH/c1-13(20-2)11-21-18(22)15-4-3-5-17(10-15)23-12-14-6-8-16(19)9-7-14;/h3-10,13,20H,11-12H2,1-2H3,(H,21,22);1H. The van der Waals surface area contributed by atoms with Crippen molar-refractivity contribution in [1.29, 1.82) is 0 Å². The third-order valence-electron chi connectivity index (χ3n) is 3.48. The SMILES string of the molecule is CNC(C)CNC(=O)c1cccc(OCc2ccc(Cl)cc2)c1.Cl. The molecule has 0 aliphatic heterocycles. The maximum Gasteiger partial charge on any atom is 0.251 e. The minimum atomic E-state index is -0.107. The van der Waals surface area contributed by atoms with Gasteiger partial charge in [0.05, 0.1) is 0 Å². The summed E-state index contributed by atoms with van der Waals surface area (Å²) in [6, 6.07) is 14.9. The average molecular weight is 369 g/mol. The molecule has 0 saturated carbocycles. The highest BCUT2D eigenvalue weighted by Crippen LogP contribution is 2.16. The largest absolute Gasteiger partial charge is 0.489 e. The van der Waals surface area contributed by atoms with Crippen LogP contribution in [0.2, 0.25) is 5.02 Å². The summed E-state index contributed by atoms with van der Waals surface area (Å²) in [6.07, 6.45) is 0. The first-order valence-electron chi connectivity index (χ1n) is 7.51. The van der Waals surface area contributed by atoms with Gasteiger partial charge < -0.3 is 15.4 Å². The van der Waals surface area contributed by atoms with Crippen molar-refractivity contribution < 1.29 is 9.53 Å². The van der Waals surface area contributed by atoms with Crippen LogP contribution in [-0.4, -0.2) is 25.5 Å². The van der Waals surface area contributed by atoms with Crippen LogP contribution in [0, 0.1) is 0 Å². The minimum Gasteiger partial charge on any atom is -0.489 e. The van der Waals surface area contributed by atoms with E-state index in [2.05, 4.69) is 10.6 Å². The number of benzene rings is 2. The highest BCUT2D eigenvalue weighted by atomic mass is 35.5. The molecule has 2 N–H and O–H groups in total. The molecule has 0 spiro atoms. The number of ether oxygens (including phenoxy) is 1. The summed E-state index contributed by atoms with van der Waals surface area (Å²) >= 11 is 5.86. The van der Waals surface area contributed by atoms with Gasteiger partial charge in [0.2, 0.25) is 0 Å². The zero-order valence-electron chi connectivity index (χ0n) is 13.7. The van der Waals surface area contributed by atoms with Gasteiger partial charge in [-0.25, -0.2) is 0 Å². The van der Waals surface area contributed by atoms with Crippen molar-refractivity contribution in [2.45, 2.75) is 19.6 Å². The number of amides is 1. The van der Waals surface area contributed by atoms with E-state index in [0.29, 0.717) is 29.5 Å². The number of likely N-dealkylation sites (N-methyl/N-ethyl adjacent to an activating group) is 1. The van der Waals surface area contributed by atoms with Crippen molar-refractivity contribution in [2.75, 3.05) is 13.6 Å². The summed E-state index contributed by atoms with van der Waals surface area (Å²) in [5, 5.41) is 6.66. The summed E-state index contributed by atoms with van der Waals surface area (Å²) in [6.45, 7) is 3.01. The van der Waals surface area contributed by atoms with Gasteiger partial charge in [0.25, 0.3) is 5.91 Å². The number of carbonyl (C=O) groups is 1. The van der Waals surface area contributed by atoms with Gasteiger partial charge in [0.1, 0.15) is 12.4 Å². The summed E-state index contributed by atoms with van der Waals surface area (Å²) in [7, 11) is 1.86. The molecule has 130 valence electrons. The lowest BCUT2D eigenvalue weighted by atomic mass is 10.2. The normalized spacial score (nSPS) is 11.3. The number of carbonyl (C=O) groups excluding carboxylic acids is 1. The van der Waals surface area contributed by atoms with Crippen LogP contribution in [-0.2, 0) is 6.61 Å². The fraction of sp³-hybridized carbons (Fsp3) is 0.278. The Hall–Kier alpha value is -1.75. The van der Waals surface area contributed by atoms with E-state index in [1.54, 1.807) is 12.1 Å². The van der Waals surface area contributed by atoms with Gasteiger partial charge in [-0.2, -0.15) is 0 Å². The Morgan fingerprint density at radius 2 is 1.92 bits per heavy atom. The topological polar surface area (TPSA) is 50.4 Å². The molecule has 6 heteroatoms. The van der Waals surface area contributed by atoms with Crippen LogP contribution in [0.5, 0.6) is 5.75 Å². The van der Waals surface area contributed by atoms with Crippen LogP contribution in [0.4, 0.5) is 0 Å². The third kappa shape index (κ3) is 6.40. The third-order valence-corrected chi connectivity index (χ3v) is 3.73. The Morgan fingerprint density at radius 1 is 1.21 bits per heavy atom. The first-order valence-corrected chi connectivity index (χ1v) is 7.89. The molecule has 0 aromatic heterocycles. The molecule has 0 radical (unpaired) electrons. The second-order valence-corrected chi connectivity index (χ2v) is 5.78. The van der Waals surface area contributed by atoms with E-state index < -0.39 is 0 Å². The smallest absolute Gasteiger partial charge is 0.251 e. The molecular weight excluding hydrogens is 347 g/mol. The van der Waals surface area contributed by atoms with Crippen molar-refractivity contribution >= 4 is 29.9 Å². The van der Waals surface area contributed by atoms with E-state index in [1.165, 1.54) is 0 Å². The highest BCUT2D eigenvalue weighted by Gasteiger charge is 2.08. The Morgan fingerprint density at radius 3 is 2.58 bits per heavy atom. The Bertz CT molecular complexity index is 648. The van der Waals surface area contributed by atoms with Gasteiger partial charge in [-0.3, -0.25) is 4.79 Å². The van der Waals surface area contributed by atoms with Crippen molar-refractivity contribution in [3.05, 3.63) is 64.7 Å².